The van der Waals surface area contributed by atoms with E-state index in [2.05, 4.69) is 71.5 Å². The number of nitrogens with one attached hydrogen (secondary N) is 1. The van der Waals surface area contributed by atoms with E-state index in [1.807, 2.05) is 0 Å². The Balaban J connectivity index is 1.87. The van der Waals surface area contributed by atoms with Crippen LogP contribution >= 0.6 is 0 Å². The molecule has 0 saturated carbocycles. The van der Waals surface area contributed by atoms with E-state index >= 15 is 0 Å². The van der Waals surface area contributed by atoms with Crippen LogP contribution in [0.4, 0.5) is 0 Å². The van der Waals surface area contributed by atoms with Crippen molar-refractivity contribution in [3.8, 4) is 0 Å². The van der Waals surface area contributed by atoms with Gasteiger partial charge in [0.2, 0.25) is 0 Å². The van der Waals surface area contributed by atoms with Gasteiger partial charge in [-0.1, -0.05) is 48.5 Å². The normalized spacial score (nSPS) is 19.8. The molecule has 2 heteroatoms. The van der Waals surface area contributed by atoms with Crippen LogP contribution in [0.15, 0.2) is 54.6 Å². The first kappa shape index (κ1) is 14.5. The number of H-pyrrole nitrogens is 1. The summed E-state index contributed by atoms with van der Waals surface area (Å²) in [4.78, 5) is 6.23. The Morgan fingerprint density at radius 2 is 1.74 bits per heavy atom. The van der Waals surface area contributed by atoms with Crippen LogP contribution in [0, 0.1) is 0 Å². The maximum absolute atomic E-state index is 3.76. The Morgan fingerprint density at radius 3 is 2.61 bits per heavy atom. The Morgan fingerprint density at radius 1 is 0.957 bits per heavy atom. The first-order chi connectivity index (χ1) is 11.3. The number of fused-ring (bicyclic) bond motifs is 3. The summed E-state index contributed by atoms with van der Waals surface area (Å²) in [7, 11) is 2.25. The molecule has 0 fully saturated rings. The Labute approximate surface area is 138 Å². The number of hydrogen-bond donors (Lipinski definition) is 1. The van der Waals surface area contributed by atoms with Crippen molar-refractivity contribution in [2.45, 2.75) is 25.2 Å². The molecule has 0 radical (unpaired) electrons. The van der Waals surface area contributed by atoms with Crippen LogP contribution < -0.4 is 0 Å². The summed E-state index contributed by atoms with van der Waals surface area (Å²) >= 11 is 0. The van der Waals surface area contributed by atoms with Crippen molar-refractivity contribution in [1.82, 2.24) is 9.88 Å². The summed E-state index contributed by atoms with van der Waals surface area (Å²) in [5.74, 6) is 0.477. The molecule has 4 rings (SSSR count). The lowest BCUT2D eigenvalue weighted by atomic mass is 9.88. The molecule has 0 unspecified atom stereocenters. The Kier molecular flexibility index (Phi) is 3.92. The highest BCUT2D eigenvalue weighted by atomic mass is 15.1. The summed E-state index contributed by atoms with van der Waals surface area (Å²) in [6, 6.07) is 19.8. The molecule has 0 bridgehead atoms. The third-order valence-corrected chi connectivity index (χ3v) is 5.17. The van der Waals surface area contributed by atoms with E-state index in [9.17, 15) is 0 Å². The van der Waals surface area contributed by atoms with Gasteiger partial charge in [-0.25, -0.2) is 0 Å². The number of likely N-dealkylation sites (N-methyl/N-ethyl adjacent to an activating group) is 1. The molecule has 0 amide bonds. The van der Waals surface area contributed by atoms with Crippen LogP contribution in [0.5, 0.6) is 0 Å². The smallest absolute Gasteiger partial charge is 0.0459 e. The third kappa shape index (κ3) is 2.79. The molecule has 1 atom stereocenters. The van der Waals surface area contributed by atoms with Gasteiger partial charge in [-0.15, -0.1) is 0 Å². The average Bonchev–Trinajstić information content (AvgIpc) is 2.98. The molecule has 2 aromatic carbocycles. The molecule has 2 nitrogen and oxygen atoms in total. The fourth-order valence-electron chi connectivity index (χ4n) is 3.93. The van der Waals surface area contributed by atoms with Crippen molar-refractivity contribution >= 4 is 10.9 Å². The summed E-state index contributed by atoms with van der Waals surface area (Å²) < 4.78 is 0. The summed E-state index contributed by atoms with van der Waals surface area (Å²) in [5, 5.41) is 1.40. The van der Waals surface area contributed by atoms with Crippen LogP contribution in [-0.2, 0) is 6.42 Å². The largest absolute Gasteiger partial charge is 0.358 e. The molecule has 2 heterocycles. The molecular formula is C21H24N2. The van der Waals surface area contributed by atoms with Gasteiger partial charge in [-0.2, -0.15) is 0 Å². The van der Waals surface area contributed by atoms with Gasteiger partial charge in [-0.3, -0.25) is 0 Å². The fraction of sp³-hybridized carbons (Fsp3) is 0.333. The third-order valence-electron chi connectivity index (χ3n) is 5.17. The van der Waals surface area contributed by atoms with Gasteiger partial charge in [0.05, 0.1) is 0 Å². The molecular weight excluding hydrogens is 280 g/mol. The monoisotopic (exact) mass is 304 g/mol. The van der Waals surface area contributed by atoms with Gasteiger partial charge < -0.3 is 9.88 Å². The maximum atomic E-state index is 3.76. The van der Waals surface area contributed by atoms with Crippen LogP contribution in [0.2, 0.25) is 0 Å². The van der Waals surface area contributed by atoms with E-state index in [4.69, 9.17) is 0 Å². The first-order valence-corrected chi connectivity index (χ1v) is 8.66. The van der Waals surface area contributed by atoms with E-state index in [-0.39, 0.29) is 0 Å². The van der Waals surface area contributed by atoms with Gasteiger partial charge in [0, 0.05) is 29.1 Å². The predicted molar refractivity (Wildman–Crippen MR) is 97.0 cm³/mol. The highest BCUT2D eigenvalue weighted by Crippen LogP contribution is 2.36. The zero-order valence-corrected chi connectivity index (χ0v) is 13.8. The summed E-state index contributed by atoms with van der Waals surface area (Å²) in [6.45, 7) is 2.32. The van der Waals surface area contributed by atoms with E-state index in [1.54, 1.807) is 0 Å². The molecule has 0 saturated heterocycles. The van der Waals surface area contributed by atoms with E-state index in [0.717, 1.165) is 13.0 Å². The second-order valence-electron chi connectivity index (χ2n) is 6.72. The topological polar surface area (TPSA) is 19.0 Å². The average molecular weight is 304 g/mol. The minimum atomic E-state index is 0.477. The first-order valence-electron chi connectivity index (χ1n) is 8.66. The quantitative estimate of drug-likeness (QED) is 0.698. The van der Waals surface area contributed by atoms with Crippen molar-refractivity contribution in [2.75, 3.05) is 20.1 Å². The van der Waals surface area contributed by atoms with Crippen LogP contribution in [0.25, 0.3) is 10.9 Å². The van der Waals surface area contributed by atoms with E-state index in [0.29, 0.717) is 5.92 Å². The van der Waals surface area contributed by atoms with Gasteiger partial charge in [0.25, 0.3) is 0 Å². The van der Waals surface area contributed by atoms with Crippen LogP contribution in [0.3, 0.4) is 0 Å². The second kappa shape index (κ2) is 6.21. The molecule has 1 aliphatic heterocycles. The van der Waals surface area contributed by atoms with Crippen molar-refractivity contribution in [3.63, 3.8) is 0 Å². The lowest BCUT2D eigenvalue weighted by molar-refractivity contribution is 0.332. The fourth-order valence-corrected chi connectivity index (χ4v) is 3.93. The SMILES string of the molecule is CN1CCC[C@H](c2ccccc2)c2[nH]c3ccccc3c2CC1. The van der Waals surface area contributed by atoms with Crippen LogP contribution in [0.1, 0.15) is 35.6 Å². The molecule has 0 aliphatic carbocycles. The molecule has 1 aromatic heterocycles. The Hall–Kier alpha value is -2.06. The number of benzene rings is 2. The summed E-state index contributed by atoms with van der Waals surface area (Å²) in [6.07, 6.45) is 3.57. The number of aromatic amines is 1. The zero-order chi connectivity index (χ0) is 15.6. The van der Waals surface area contributed by atoms with Gasteiger partial charge >= 0.3 is 0 Å². The van der Waals surface area contributed by atoms with Crippen molar-refractivity contribution in [2.24, 2.45) is 0 Å². The second-order valence-corrected chi connectivity index (χ2v) is 6.72. The molecule has 0 spiro atoms. The minimum absolute atomic E-state index is 0.477. The van der Waals surface area contributed by atoms with Crippen molar-refractivity contribution < 1.29 is 0 Å². The predicted octanol–water partition coefficient (Wildman–Crippen LogP) is 4.57. The van der Waals surface area contributed by atoms with E-state index < -0.39 is 0 Å². The number of rotatable bonds is 1. The lowest BCUT2D eigenvalue weighted by Crippen LogP contribution is -2.21. The number of para-hydroxylation sites is 1. The van der Waals surface area contributed by atoms with Crippen LogP contribution in [-0.4, -0.2) is 30.0 Å². The highest BCUT2D eigenvalue weighted by Gasteiger charge is 2.23. The molecule has 1 N–H and O–H groups in total. The summed E-state index contributed by atoms with van der Waals surface area (Å²) in [5.41, 5.74) is 5.67. The maximum Gasteiger partial charge on any atom is 0.0459 e. The lowest BCUT2D eigenvalue weighted by Gasteiger charge is -2.18. The number of hydrogen-bond acceptors (Lipinski definition) is 1. The van der Waals surface area contributed by atoms with E-state index in [1.165, 1.54) is 47.1 Å². The van der Waals surface area contributed by atoms with Gasteiger partial charge in [-0.05, 0) is 50.0 Å². The minimum Gasteiger partial charge on any atom is -0.358 e. The molecule has 118 valence electrons. The highest BCUT2D eigenvalue weighted by molar-refractivity contribution is 5.85. The van der Waals surface area contributed by atoms with Gasteiger partial charge in [0.15, 0.2) is 0 Å². The number of aromatic nitrogens is 1. The van der Waals surface area contributed by atoms with Crippen molar-refractivity contribution in [3.05, 3.63) is 71.4 Å². The number of nitrogens with zero attached hydrogens (tertiary/aromatic N) is 1. The van der Waals surface area contributed by atoms with Gasteiger partial charge in [0.1, 0.15) is 0 Å². The molecule has 1 aliphatic rings. The zero-order valence-electron chi connectivity index (χ0n) is 13.8. The molecule has 23 heavy (non-hydrogen) atoms. The molecule has 3 aromatic rings. The van der Waals surface area contributed by atoms with Crippen molar-refractivity contribution in [1.29, 1.82) is 0 Å². The Bertz CT molecular complexity index is 788. The standard InChI is InChI=1S/C21H24N2/c1-23-14-7-11-17(16-8-3-2-4-9-16)21-19(13-15-23)18-10-5-6-12-20(18)22-21/h2-6,8-10,12,17,22H,7,11,13-15H2,1H3/t17-/m1/s1.